The molecule has 0 aromatic carbocycles. The van der Waals surface area contributed by atoms with Gasteiger partial charge in [-0.3, -0.25) is 0 Å². The SMILES string of the molecule is CC(CCN(C)C)NC1CN2CCC1CC2. The highest BCUT2D eigenvalue weighted by Gasteiger charge is 2.34. The van der Waals surface area contributed by atoms with Crippen molar-refractivity contribution in [2.75, 3.05) is 40.3 Å². The fourth-order valence-electron chi connectivity index (χ4n) is 3.05. The van der Waals surface area contributed by atoms with Crippen LogP contribution in [0, 0.1) is 5.92 Å². The van der Waals surface area contributed by atoms with Crippen LogP contribution in [-0.4, -0.2) is 62.2 Å². The standard InChI is InChI=1S/C13H27N3/c1-11(4-7-15(2)3)14-13-10-16-8-5-12(13)6-9-16/h11-14H,4-10H2,1-3H3. The maximum Gasteiger partial charge on any atom is 0.0226 e. The highest BCUT2D eigenvalue weighted by atomic mass is 15.2. The summed E-state index contributed by atoms with van der Waals surface area (Å²) < 4.78 is 0. The molecule has 3 aliphatic rings. The summed E-state index contributed by atoms with van der Waals surface area (Å²) in [5.41, 5.74) is 0. The van der Waals surface area contributed by atoms with Gasteiger partial charge in [0.1, 0.15) is 0 Å². The lowest BCUT2D eigenvalue weighted by Crippen LogP contribution is -2.57. The number of hydrogen-bond acceptors (Lipinski definition) is 3. The lowest BCUT2D eigenvalue weighted by molar-refractivity contribution is 0.0671. The first kappa shape index (κ1) is 12.3. The van der Waals surface area contributed by atoms with E-state index in [1.807, 2.05) is 0 Å². The van der Waals surface area contributed by atoms with Crippen LogP contribution in [0.2, 0.25) is 0 Å². The zero-order chi connectivity index (χ0) is 11.5. The van der Waals surface area contributed by atoms with Crippen LogP contribution in [0.15, 0.2) is 0 Å². The first-order valence-electron chi connectivity index (χ1n) is 6.78. The molecular weight excluding hydrogens is 198 g/mol. The molecule has 1 N–H and O–H groups in total. The number of rotatable bonds is 5. The molecule has 3 rings (SSSR count). The Morgan fingerprint density at radius 1 is 1.31 bits per heavy atom. The van der Waals surface area contributed by atoms with Crippen LogP contribution in [-0.2, 0) is 0 Å². The van der Waals surface area contributed by atoms with Gasteiger partial charge in [-0.15, -0.1) is 0 Å². The average molecular weight is 225 g/mol. The van der Waals surface area contributed by atoms with Crippen molar-refractivity contribution >= 4 is 0 Å². The minimum absolute atomic E-state index is 0.660. The molecule has 3 saturated heterocycles. The van der Waals surface area contributed by atoms with E-state index in [1.54, 1.807) is 0 Å². The molecule has 0 radical (unpaired) electrons. The van der Waals surface area contributed by atoms with Crippen LogP contribution in [0.5, 0.6) is 0 Å². The van der Waals surface area contributed by atoms with Crippen LogP contribution in [0.1, 0.15) is 26.2 Å². The number of nitrogens with zero attached hydrogens (tertiary/aromatic N) is 2. The van der Waals surface area contributed by atoms with E-state index in [9.17, 15) is 0 Å². The molecule has 0 spiro atoms. The van der Waals surface area contributed by atoms with Crippen LogP contribution < -0.4 is 5.32 Å². The first-order chi connectivity index (χ1) is 7.65. The molecule has 2 bridgehead atoms. The van der Waals surface area contributed by atoms with Crippen LogP contribution in [0.25, 0.3) is 0 Å². The van der Waals surface area contributed by atoms with Gasteiger partial charge in [0.25, 0.3) is 0 Å². The van der Waals surface area contributed by atoms with Gasteiger partial charge in [-0.25, -0.2) is 0 Å². The topological polar surface area (TPSA) is 18.5 Å². The second kappa shape index (κ2) is 5.48. The second-order valence-corrected chi connectivity index (χ2v) is 5.90. The number of piperidine rings is 3. The number of nitrogens with one attached hydrogen (secondary N) is 1. The molecule has 0 amide bonds. The molecule has 2 unspecified atom stereocenters. The number of fused-ring (bicyclic) bond motifs is 3. The van der Waals surface area contributed by atoms with Gasteiger partial charge in [0.15, 0.2) is 0 Å². The molecule has 94 valence electrons. The molecule has 3 fully saturated rings. The van der Waals surface area contributed by atoms with Crippen LogP contribution in [0.4, 0.5) is 0 Å². The molecule has 0 aliphatic carbocycles. The zero-order valence-corrected chi connectivity index (χ0v) is 11.1. The Hall–Kier alpha value is -0.120. The van der Waals surface area contributed by atoms with Crippen molar-refractivity contribution in [1.82, 2.24) is 15.1 Å². The fraction of sp³-hybridized carbons (Fsp3) is 1.00. The summed E-state index contributed by atoms with van der Waals surface area (Å²) in [5, 5.41) is 3.84. The summed E-state index contributed by atoms with van der Waals surface area (Å²) >= 11 is 0. The summed E-state index contributed by atoms with van der Waals surface area (Å²) in [4.78, 5) is 4.89. The third-order valence-electron chi connectivity index (χ3n) is 4.16. The van der Waals surface area contributed by atoms with Gasteiger partial charge in [0.2, 0.25) is 0 Å². The smallest absolute Gasteiger partial charge is 0.0226 e. The lowest BCUT2D eigenvalue weighted by Gasteiger charge is -2.46. The number of hydrogen-bond donors (Lipinski definition) is 1. The monoisotopic (exact) mass is 225 g/mol. The van der Waals surface area contributed by atoms with Crippen LogP contribution in [0.3, 0.4) is 0 Å². The lowest BCUT2D eigenvalue weighted by atomic mass is 9.83. The minimum Gasteiger partial charge on any atom is -0.310 e. The summed E-state index contributed by atoms with van der Waals surface area (Å²) in [7, 11) is 4.31. The molecule has 0 aromatic rings. The summed E-state index contributed by atoms with van der Waals surface area (Å²) in [6, 6.07) is 1.42. The second-order valence-electron chi connectivity index (χ2n) is 5.90. The van der Waals surface area contributed by atoms with E-state index >= 15 is 0 Å². The predicted octanol–water partition coefficient (Wildman–Crippen LogP) is 1.01. The Kier molecular flexibility index (Phi) is 4.22. The Morgan fingerprint density at radius 3 is 2.50 bits per heavy atom. The normalized spacial score (nSPS) is 35.6. The van der Waals surface area contributed by atoms with E-state index in [1.165, 1.54) is 45.4 Å². The quantitative estimate of drug-likeness (QED) is 0.753. The first-order valence-corrected chi connectivity index (χ1v) is 6.78. The molecule has 3 heteroatoms. The van der Waals surface area contributed by atoms with Gasteiger partial charge in [0.05, 0.1) is 0 Å². The van der Waals surface area contributed by atoms with Crippen molar-refractivity contribution in [2.24, 2.45) is 5.92 Å². The van der Waals surface area contributed by atoms with E-state index in [0.717, 1.165) is 12.0 Å². The van der Waals surface area contributed by atoms with Crippen molar-refractivity contribution in [3.8, 4) is 0 Å². The summed E-state index contributed by atoms with van der Waals surface area (Å²) in [6.45, 7) is 7.50. The molecule has 2 atom stereocenters. The Morgan fingerprint density at radius 2 is 2.00 bits per heavy atom. The zero-order valence-electron chi connectivity index (χ0n) is 11.1. The van der Waals surface area contributed by atoms with Gasteiger partial charge >= 0.3 is 0 Å². The highest BCUT2D eigenvalue weighted by Crippen LogP contribution is 2.27. The van der Waals surface area contributed by atoms with E-state index < -0.39 is 0 Å². The molecule has 0 aromatic heterocycles. The van der Waals surface area contributed by atoms with Crippen molar-refractivity contribution in [2.45, 2.75) is 38.3 Å². The van der Waals surface area contributed by atoms with Gasteiger partial charge in [0, 0.05) is 18.6 Å². The van der Waals surface area contributed by atoms with Gasteiger partial charge < -0.3 is 15.1 Å². The van der Waals surface area contributed by atoms with E-state index in [4.69, 9.17) is 0 Å². The van der Waals surface area contributed by atoms with E-state index in [0.29, 0.717) is 6.04 Å². The average Bonchev–Trinajstić information content (AvgIpc) is 2.28. The third-order valence-corrected chi connectivity index (χ3v) is 4.16. The minimum atomic E-state index is 0.660. The Bertz CT molecular complexity index is 209. The highest BCUT2D eigenvalue weighted by molar-refractivity contribution is 4.91. The van der Waals surface area contributed by atoms with Crippen molar-refractivity contribution in [3.63, 3.8) is 0 Å². The van der Waals surface area contributed by atoms with Crippen molar-refractivity contribution in [3.05, 3.63) is 0 Å². The predicted molar refractivity (Wildman–Crippen MR) is 68.7 cm³/mol. The van der Waals surface area contributed by atoms with Crippen LogP contribution >= 0.6 is 0 Å². The molecule has 3 heterocycles. The largest absolute Gasteiger partial charge is 0.310 e. The van der Waals surface area contributed by atoms with Gasteiger partial charge in [-0.2, -0.15) is 0 Å². The molecule has 16 heavy (non-hydrogen) atoms. The molecular formula is C13H27N3. The maximum absolute atomic E-state index is 3.84. The Labute approximate surface area is 100 Å². The van der Waals surface area contributed by atoms with Crippen molar-refractivity contribution < 1.29 is 0 Å². The van der Waals surface area contributed by atoms with Gasteiger partial charge in [-0.05, 0) is 65.8 Å². The summed E-state index contributed by atoms with van der Waals surface area (Å²) in [5.74, 6) is 0.951. The summed E-state index contributed by atoms with van der Waals surface area (Å²) in [6.07, 6.45) is 4.09. The van der Waals surface area contributed by atoms with E-state index in [-0.39, 0.29) is 0 Å². The fourth-order valence-corrected chi connectivity index (χ4v) is 3.05. The van der Waals surface area contributed by atoms with E-state index in [2.05, 4.69) is 36.1 Å². The third kappa shape index (κ3) is 3.19. The molecule has 3 nitrogen and oxygen atoms in total. The Balaban J connectivity index is 1.72. The molecule has 3 aliphatic heterocycles. The maximum atomic E-state index is 3.84. The molecule has 0 saturated carbocycles. The van der Waals surface area contributed by atoms with Gasteiger partial charge in [-0.1, -0.05) is 0 Å². The van der Waals surface area contributed by atoms with Crippen molar-refractivity contribution in [1.29, 1.82) is 0 Å².